The molecule has 1 aliphatic heterocycles. The fourth-order valence-corrected chi connectivity index (χ4v) is 7.01. The van der Waals surface area contributed by atoms with Crippen molar-refractivity contribution < 1.29 is 26.4 Å². The molecule has 0 saturated carbocycles. The van der Waals surface area contributed by atoms with E-state index in [4.69, 9.17) is 4.74 Å². The summed E-state index contributed by atoms with van der Waals surface area (Å²) in [5, 5.41) is 0.353. The zero-order valence-electron chi connectivity index (χ0n) is 19.7. The fourth-order valence-electron chi connectivity index (χ4n) is 3.82. The maximum absolute atomic E-state index is 13.3. The van der Waals surface area contributed by atoms with Gasteiger partial charge in [-0.2, -0.15) is 0 Å². The number of fused-ring (bicyclic) bond motifs is 1. The van der Waals surface area contributed by atoms with Gasteiger partial charge in [-0.05, 0) is 24.3 Å². The van der Waals surface area contributed by atoms with E-state index >= 15 is 0 Å². The van der Waals surface area contributed by atoms with Gasteiger partial charge in [0.15, 0.2) is 24.8 Å². The molecule has 1 aromatic heterocycles. The van der Waals surface area contributed by atoms with Crippen molar-refractivity contribution in [3.63, 3.8) is 0 Å². The summed E-state index contributed by atoms with van der Waals surface area (Å²) in [5.74, 6) is -0.707. The second-order valence-corrected chi connectivity index (χ2v) is 13.4. The predicted octanol–water partition coefficient (Wildman–Crippen LogP) is 2.65. The lowest BCUT2D eigenvalue weighted by molar-refractivity contribution is -0.118. The minimum atomic E-state index is -3.63. The Morgan fingerprint density at radius 1 is 1.06 bits per heavy atom. The number of rotatable bonds is 9. The summed E-state index contributed by atoms with van der Waals surface area (Å²) in [7, 11) is -7.14. The molecule has 0 N–H and O–H groups in total. The number of morpholine rings is 1. The van der Waals surface area contributed by atoms with E-state index in [-0.39, 0.29) is 40.3 Å². The van der Waals surface area contributed by atoms with E-state index in [0.717, 1.165) is 19.3 Å². The molecular weight excluding hydrogens is 546 g/mol. The van der Waals surface area contributed by atoms with Gasteiger partial charge >= 0.3 is 0 Å². The Kier molecular flexibility index (Phi) is 9.47. The molecule has 2 heterocycles. The number of anilines is 1. The summed E-state index contributed by atoms with van der Waals surface area (Å²) in [6, 6.07) is 12.9. The van der Waals surface area contributed by atoms with Crippen molar-refractivity contribution in [2.24, 2.45) is 0 Å². The molecular formula is C23H28ClN3O6S3. The Bertz CT molecular complexity index is 1410. The van der Waals surface area contributed by atoms with Crippen molar-refractivity contribution >= 4 is 64.7 Å². The monoisotopic (exact) mass is 573 g/mol. The highest BCUT2D eigenvalue weighted by Gasteiger charge is 2.25. The highest BCUT2D eigenvalue weighted by Crippen LogP contribution is 2.33. The number of carbonyl (C=O) groups excluding carboxylic acids is 1. The van der Waals surface area contributed by atoms with Gasteiger partial charge in [0.2, 0.25) is 5.91 Å². The van der Waals surface area contributed by atoms with Crippen LogP contribution in [0.4, 0.5) is 5.13 Å². The first-order valence-corrected chi connectivity index (χ1v) is 15.5. The molecule has 3 aromatic rings. The molecule has 196 valence electrons. The van der Waals surface area contributed by atoms with Crippen LogP contribution in [0.5, 0.6) is 0 Å². The number of hydrogen-bond acceptors (Lipinski definition) is 9. The first kappa shape index (κ1) is 28.5. The second-order valence-electron chi connectivity index (χ2n) is 8.25. The summed E-state index contributed by atoms with van der Waals surface area (Å²) in [6.07, 6.45) is 0.909. The summed E-state index contributed by atoms with van der Waals surface area (Å²) in [4.78, 5) is 21.8. The van der Waals surface area contributed by atoms with Gasteiger partial charge in [0.05, 0.1) is 33.5 Å². The van der Waals surface area contributed by atoms with Crippen LogP contribution in [-0.2, 0) is 29.2 Å². The van der Waals surface area contributed by atoms with Crippen molar-refractivity contribution in [3.05, 3.63) is 48.5 Å². The number of thiazole rings is 1. The Balaban J connectivity index is 0.00000361. The largest absolute Gasteiger partial charge is 0.379 e. The third-order valence-corrected chi connectivity index (χ3v) is 9.64. The number of hydrogen-bond donors (Lipinski definition) is 0. The van der Waals surface area contributed by atoms with Gasteiger partial charge in [-0.1, -0.05) is 35.6 Å². The van der Waals surface area contributed by atoms with Crippen LogP contribution in [0.3, 0.4) is 0 Å². The van der Waals surface area contributed by atoms with Crippen LogP contribution < -0.4 is 4.90 Å². The minimum Gasteiger partial charge on any atom is -0.379 e. The van der Waals surface area contributed by atoms with Gasteiger partial charge in [0.25, 0.3) is 0 Å². The van der Waals surface area contributed by atoms with E-state index in [1.807, 2.05) is 0 Å². The number of aromatic nitrogens is 1. The minimum absolute atomic E-state index is 0. The number of nitrogens with zero attached hydrogens (tertiary/aromatic N) is 3. The summed E-state index contributed by atoms with van der Waals surface area (Å²) in [5.41, 5.74) is 0.316. The molecule has 0 aliphatic carbocycles. The zero-order chi connectivity index (χ0) is 25.1. The smallest absolute Gasteiger partial charge is 0.229 e. The fraction of sp³-hybridized carbons (Fsp3) is 0.391. The van der Waals surface area contributed by atoms with Crippen molar-refractivity contribution in [1.29, 1.82) is 0 Å². The Labute approximate surface area is 221 Å². The zero-order valence-corrected chi connectivity index (χ0v) is 23.0. The number of amides is 1. The Morgan fingerprint density at radius 3 is 2.42 bits per heavy atom. The van der Waals surface area contributed by atoms with Crippen LogP contribution in [0.1, 0.15) is 6.42 Å². The topological polar surface area (TPSA) is 114 Å². The third-order valence-electron chi connectivity index (χ3n) is 5.73. The van der Waals surface area contributed by atoms with Gasteiger partial charge in [0.1, 0.15) is 5.52 Å². The van der Waals surface area contributed by atoms with Crippen LogP contribution >= 0.6 is 23.7 Å². The second kappa shape index (κ2) is 12.0. The van der Waals surface area contributed by atoms with Crippen LogP contribution in [0.15, 0.2) is 58.3 Å². The summed E-state index contributed by atoms with van der Waals surface area (Å²) < 4.78 is 56.0. The first-order chi connectivity index (χ1) is 16.6. The van der Waals surface area contributed by atoms with Crippen LogP contribution in [0.25, 0.3) is 10.2 Å². The highest BCUT2D eigenvalue weighted by atomic mass is 35.5. The quantitative estimate of drug-likeness (QED) is 0.384. The molecule has 0 bridgehead atoms. The molecule has 1 aliphatic rings. The van der Waals surface area contributed by atoms with E-state index in [1.165, 1.54) is 34.4 Å². The van der Waals surface area contributed by atoms with E-state index in [9.17, 15) is 21.6 Å². The number of ether oxygens (including phenoxy) is 1. The third kappa shape index (κ3) is 6.81. The van der Waals surface area contributed by atoms with Gasteiger partial charge < -0.3 is 4.74 Å². The Hall–Kier alpha value is -2.09. The molecule has 9 nitrogen and oxygen atoms in total. The van der Waals surface area contributed by atoms with Crippen molar-refractivity contribution in [2.75, 3.05) is 56.3 Å². The molecule has 1 amide bonds. The molecule has 1 saturated heterocycles. The number of benzene rings is 2. The number of halogens is 1. The normalized spacial score (nSPS) is 14.9. The lowest BCUT2D eigenvalue weighted by Gasteiger charge is -2.29. The molecule has 0 spiro atoms. The molecule has 1 fully saturated rings. The lowest BCUT2D eigenvalue weighted by atomic mass is 10.3. The van der Waals surface area contributed by atoms with Crippen molar-refractivity contribution in [2.45, 2.75) is 16.2 Å². The van der Waals surface area contributed by atoms with E-state index in [0.29, 0.717) is 41.7 Å². The van der Waals surface area contributed by atoms with Gasteiger partial charge in [-0.3, -0.25) is 14.6 Å². The molecule has 36 heavy (non-hydrogen) atoms. The summed E-state index contributed by atoms with van der Waals surface area (Å²) in [6.45, 7) is 3.57. The molecule has 13 heteroatoms. The average Bonchev–Trinajstić information content (AvgIpc) is 3.27. The van der Waals surface area contributed by atoms with E-state index < -0.39 is 19.7 Å². The number of sulfone groups is 2. The van der Waals surface area contributed by atoms with Crippen LogP contribution in [0, 0.1) is 0 Å². The lowest BCUT2D eigenvalue weighted by Crippen LogP contribution is -2.43. The standard InChI is InChI=1S/C23H27N3O6S3.ClH/c1-34(28,29)20-9-5-8-19-22(20)24-23(33-19)26(12-11-25-13-15-32-16-14-25)21(27)10-17-35(30,31)18-6-3-2-4-7-18;/h2-9H,10-17H2,1H3;1H. The SMILES string of the molecule is CS(=O)(=O)c1cccc2sc(N(CCN3CCOCC3)C(=O)CCS(=O)(=O)c3ccccc3)nc12.Cl. The van der Waals surface area contributed by atoms with Crippen LogP contribution in [-0.4, -0.2) is 84.0 Å². The van der Waals surface area contributed by atoms with Gasteiger partial charge in [-0.15, -0.1) is 12.4 Å². The number of carbonyl (C=O) groups is 1. The maximum atomic E-state index is 13.3. The first-order valence-electron chi connectivity index (χ1n) is 11.1. The van der Waals surface area contributed by atoms with Crippen LogP contribution in [0.2, 0.25) is 0 Å². The molecule has 2 aromatic carbocycles. The average molecular weight is 574 g/mol. The van der Waals surface area contributed by atoms with Gasteiger partial charge in [0, 0.05) is 38.9 Å². The molecule has 0 atom stereocenters. The maximum Gasteiger partial charge on any atom is 0.229 e. The molecule has 0 radical (unpaired) electrons. The predicted molar refractivity (Wildman–Crippen MR) is 143 cm³/mol. The molecule has 4 rings (SSSR count). The Morgan fingerprint density at radius 2 is 1.75 bits per heavy atom. The summed E-state index contributed by atoms with van der Waals surface area (Å²) >= 11 is 1.22. The highest BCUT2D eigenvalue weighted by molar-refractivity contribution is 7.91. The van der Waals surface area contributed by atoms with Gasteiger partial charge in [-0.25, -0.2) is 21.8 Å². The van der Waals surface area contributed by atoms with E-state index in [2.05, 4.69) is 9.88 Å². The van der Waals surface area contributed by atoms with E-state index in [1.54, 1.807) is 30.3 Å². The number of para-hydroxylation sites is 1. The van der Waals surface area contributed by atoms with Crippen molar-refractivity contribution in [1.82, 2.24) is 9.88 Å². The molecule has 0 unspecified atom stereocenters. The van der Waals surface area contributed by atoms with Crippen molar-refractivity contribution in [3.8, 4) is 0 Å².